The van der Waals surface area contributed by atoms with Crippen molar-refractivity contribution in [1.82, 2.24) is 4.90 Å². The van der Waals surface area contributed by atoms with Crippen molar-refractivity contribution in [3.05, 3.63) is 59.2 Å². The smallest absolute Gasteiger partial charge is 0.127 e. The predicted molar refractivity (Wildman–Crippen MR) is 103 cm³/mol. The van der Waals surface area contributed by atoms with Crippen LogP contribution in [0.3, 0.4) is 0 Å². The van der Waals surface area contributed by atoms with E-state index in [9.17, 15) is 5.11 Å². The molecule has 0 spiro atoms. The van der Waals surface area contributed by atoms with Gasteiger partial charge in [0.15, 0.2) is 0 Å². The molecule has 0 aliphatic heterocycles. The van der Waals surface area contributed by atoms with Gasteiger partial charge >= 0.3 is 0 Å². The fraction of sp³-hybridized carbons (Fsp3) is 0.429. The first kappa shape index (κ1) is 18.7. The van der Waals surface area contributed by atoms with Gasteiger partial charge in [0.25, 0.3) is 0 Å². The van der Waals surface area contributed by atoms with Gasteiger partial charge in [-0.05, 0) is 30.0 Å². The lowest BCUT2D eigenvalue weighted by Gasteiger charge is -2.31. The number of ether oxygens (including phenoxy) is 2. The summed E-state index contributed by atoms with van der Waals surface area (Å²) in [5.74, 6) is 1.57. The van der Waals surface area contributed by atoms with Gasteiger partial charge in [-0.25, -0.2) is 0 Å². The van der Waals surface area contributed by atoms with E-state index in [1.807, 2.05) is 18.2 Å². The van der Waals surface area contributed by atoms with Crippen LogP contribution in [0.4, 0.5) is 0 Å². The molecule has 2 aromatic rings. The summed E-state index contributed by atoms with van der Waals surface area (Å²) in [6.07, 6.45) is 1.45. The highest BCUT2D eigenvalue weighted by Gasteiger charge is 2.28. The molecule has 3 rings (SSSR count). The molecule has 3 N–H and O–H groups in total. The third-order valence-electron chi connectivity index (χ3n) is 5.13. The topological polar surface area (TPSA) is 68.0 Å². The van der Waals surface area contributed by atoms with Crippen LogP contribution >= 0.6 is 0 Å². The molecule has 0 bridgehead atoms. The zero-order valence-corrected chi connectivity index (χ0v) is 15.5. The second-order valence-electron chi connectivity index (χ2n) is 6.83. The van der Waals surface area contributed by atoms with Crippen LogP contribution in [0.5, 0.6) is 11.5 Å². The van der Waals surface area contributed by atoms with Crippen LogP contribution in [0.15, 0.2) is 42.5 Å². The Labute approximate surface area is 155 Å². The molecular formula is C21H28N2O3. The van der Waals surface area contributed by atoms with Gasteiger partial charge < -0.3 is 20.3 Å². The molecule has 0 heterocycles. The number of benzene rings is 2. The average molecular weight is 356 g/mol. The fourth-order valence-corrected chi connectivity index (χ4v) is 3.68. The van der Waals surface area contributed by atoms with Crippen molar-refractivity contribution in [2.45, 2.75) is 31.5 Å². The Morgan fingerprint density at radius 3 is 2.38 bits per heavy atom. The van der Waals surface area contributed by atoms with Gasteiger partial charge in [-0.3, -0.25) is 4.90 Å². The minimum Gasteiger partial charge on any atom is -0.497 e. The molecule has 0 saturated carbocycles. The molecule has 1 aliphatic carbocycles. The first-order valence-corrected chi connectivity index (χ1v) is 9.04. The number of hydrogen-bond acceptors (Lipinski definition) is 5. The number of hydrogen-bond donors (Lipinski definition) is 2. The molecule has 0 saturated heterocycles. The van der Waals surface area contributed by atoms with E-state index in [2.05, 4.69) is 29.2 Å². The number of fused-ring (bicyclic) bond motifs is 1. The van der Waals surface area contributed by atoms with Crippen molar-refractivity contribution in [2.24, 2.45) is 5.73 Å². The van der Waals surface area contributed by atoms with Crippen molar-refractivity contribution >= 4 is 0 Å². The molecule has 0 amide bonds. The molecule has 0 aromatic heterocycles. The Hall–Kier alpha value is -2.08. The van der Waals surface area contributed by atoms with Gasteiger partial charge in [0.1, 0.15) is 11.5 Å². The highest BCUT2D eigenvalue weighted by molar-refractivity contribution is 5.41. The zero-order chi connectivity index (χ0) is 18.5. The third-order valence-corrected chi connectivity index (χ3v) is 5.13. The molecule has 1 aliphatic rings. The highest BCUT2D eigenvalue weighted by atomic mass is 16.5. The van der Waals surface area contributed by atoms with Crippen LogP contribution in [0.2, 0.25) is 0 Å². The molecule has 26 heavy (non-hydrogen) atoms. The number of aliphatic hydroxyl groups excluding tert-OH is 1. The molecular weight excluding hydrogens is 328 g/mol. The van der Waals surface area contributed by atoms with Gasteiger partial charge in [-0.15, -0.1) is 0 Å². The van der Waals surface area contributed by atoms with Gasteiger partial charge in [0.2, 0.25) is 0 Å². The highest BCUT2D eigenvalue weighted by Crippen LogP contribution is 2.30. The maximum absolute atomic E-state index is 10.2. The van der Waals surface area contributed by atoms with E-state index in [1.165, 1.54) is 11.1 Å². The average Bonchev–Trinajstić information content (AvgIpc) is 3.11. The van der Waals surface area contributed by atoms with Gasteiger partial charge in [0, 0.05) is 37.3 Å². The number of aliphatic hydroxyl groups is 1. The molecule has 140 valence electrons. The summed E-state index contributed by atoms with van der Waals surface area (Å²) in [7, 11) is 3.32. The first-order valence-electron chi connectivity index (χ1n) is 9.04. The first-order chi connectivity index (χ1) is 12.6. The van der Waals surface area contributed by atoms with Crippen LogP contribution in [0.25, 0.3) is 0 Å². The largest absolute Gasteiger partial charge is 0.497 e. The minimum absolute atomic E-state index is 0.260. The number of nitrogens with two attached hydrogens (primary N) is 1. The van der Waals surface area contributed by atoms with E-state index in [0.29, 0.717) is 19.1 Å². The second-order valence-corrected chi connectivity index (χ2v) is 6.83. The lowest BCUT2D eigenvalue weighted by molar-refractivity contribution is 0.0880. The quantitative estimate of drug-likeness (QED) is 0.757. The van der Waals surface area contributed by atoms with E-state index in [4.69, 9.17) is 15.2 Å². The molecule has 5 nitrogen and oxygen atoms in total. The fourth-order valence-electron chi connectivity index (χ4n) is 3.68. The zero-order valence-electron chi connectivity index (χ0n) is 15.5. The molecule has 0 fully saturated rings. The third kappa shape index (κ3) is 4.18. The lowest BCUT2D eigenvalue weighted by Crippen LogP contribution is -2.42. The Bertz CT molecular complexity index is 710. The summed E-state index contributed by atoms with van der Waals surface area (Å²) in [5, 5.41) is 10.2. The molecule has 0 radical (unpaired) electrons. The van der Waals surface area contributed by atoms with E-state index in [-0.39, 0.29) is 6.54 Å². The summed E-state index contributed by atoms with van der Waals surface area (Å²) in [5.41, 5.74) is 9.54. The monoisotopic (exact) mass is 356 g/mol. The Morgan fingerprint density at radius 2 is 1.81 bits per heavy atom. The molecule has 1 atom stereocenters. The van der Waals surface area contributed by atoms with E-state index >= 15 is 0 Å². The number of rotatable bonds is 8. The Balaban J connectivity index is 1.81. The van der Waals surface area contributed by atoms with Crippen LogP contribution in [0.1, 0.15) is 16.7 Å². The number of methoxy groups -OCH3 is 2. The summed E-state index contributed by atoms with van der Waals surface area (Å²) in [6, 6.07) is 14.8. The van der Waals surface area contributed by atoms with Gasteiger partial charge in [-0.2, -0.15) is 0 Å². The van der Waals surface area contributed by atoms with Crippen molar-refractivity contribution in [3.63, 3.8) is 0 Å². The van der Waals surface area contributed by atoms with Crippen LogP contribution in [-0.4, -0.2) is 49.5 Å². The Morgan fingerprint density at radius 1 is 1.12 bits per heavy atom. The second kappa shape index (κ2) is 8.54. The minimum atomic E-state index is -0.539. The van der Waals surface area contributed by atoms with E-state index in [1.54, 1.807) is 14.2 Å². The Kier molecular flexibility index (Phi) is 6.14. The van der Waals surface area contributed by atoms with E-state index in [0.717, 1.165) is 29.9 Å². The summed E-state index contributed by atoms with van der Waals surface area (Å²) in [4.78, 5) is 2.32. The summed E-state index contributed by atoms with van der Waals surface area (Å²) < 4.78 is 10.8. The number of nitrogens with zero attached hydrogens (tertiary/aromatic N) is 1. The van der Waals surface area contributed by atoms with Crippen molar-refractivity contribution in [3.8, 4) is 11.5 Å². The molecule has 2 aromatic carbocycles. The van der Waals surface area contributed by atoms with Crippen LogP contribution in [0, 0.1) is 0 Å². The summed E-state index contributed by atoms with van der Waals surface area (Å²) >= 11 is 0. The summed E-state index contributed by atoms with van der Waals surface area (Å²) in [6.45, 7) is 1.50. The predicted octanol–water partition coefficient (Wildman–Crippen LogP) is 1.99. The van der Waals surface area contributed by atoms with E-state index < -0.39 is 6.10 Å². The van der Waals surface area contributed by atoms with Crippen molar-refractivity contribution in [1.29, 1.82) is 0 Å². The normalized spacial score (nSPS) is 15.1. The van der Waals surface area contributed by atoms with Crippen molar-refractivity contribution < 1.29 is 14.6 Å². The SMILES string of the molecule is COc1ccc(CN(CC(O)CN)C2Cc3ccccc3C2)c(OC)c1. The van der Waals surface area contributed by atoms with Crippen LogP contribution < -0.4 is 15.2 Å². The van der Waals surface area contributed by atoms with Crippen molar-refractivity contribution in [2.75, 3.05) is 27.3 Å². The molecule has 5 heteroatoms. The maximum Gasteiger partial charge on any atom is 0.127 e. The van der Waals surface area contributed by atoms with Gasteiger partial charge in [0.05, 0.1) is 20.3 Å². The maximum atomic E-state index is 10.2. The molecule has 1 unspecified atom stereocenters. The van der Waals surface area contributed by atoms with Gasteiger partial charge in [-0.1, -0.05) is 30.3 Å². The lowest BCUT2D eigenvalue weighted by atomic mass is 10.1. The van der Waals surface area contributed by atoms with Crippen LogP contribution in [-0.2, 0) is 19.4 Å². The standard InChI is InChI=1S/C21H28N2O3/c1-25-20-8-7-17(21(11-20)26-2)13-23(14-19(24)12-22)18-9-15-5-3-4-6-16(15)10-18/h3-8,11,18-19,24H,9-10,12-14,22H2,1-2H3.